The maximum Gasteiger partial charge on any atom is 0.159 e. The molecule has 0 saturated carbocycles. The number of halogens is 2. The van der Waals surface area contributed by atoms with Gasteiger partial charge in [-0.1, -0.05) is 13.8 Å². The van der Waals surface area contributed by atoms with Gasteiger partial charge in [-0.15, -0.1) is 11.3 Å². The van der Waals surface area contributed by atoms with Crippen molar-refractivity contribution in [3.63, 3.8) is 0 Å². The van der Waals surface area contributed by atoms with Crippen LogP contribution in [0.3, 0.4) is 0 Å². The summed E-state index contributed by atoms with van der Waals surface area (Å²) >= 11 is 1.63. The molecule has 1 fully saturated rings. The highest BCUT2D eigenvalue weighted by molar-refractivity contribution is 7.10. The van der Waals surface area contributed by atoms with E-state index < -0.39 is 11.6 Å². The standard InChI is InChI=1S/C18H22F2N2S/c1-12(2)10-22-7-5-13(6-8-22)18-21-17(11-23-18)14-3-4-15(19)16(20)9-14/h3-4,9,11-13H,5-8,10H2,1-2H3. The molecule has 2 heterocycles. The van der Waals surface area contributed by atoms with E-state index in [0.717, 1.165) is 49.2 Å². The van der Waals surface area contributed by atoms with Gasteiger partial charge in [0.2, 0.25) is 0 Å². The highest BCUT2D eigenvalue weighted by Gasteiger charge is 2.23. The first-order valence-corrected chi connectivity index (χ1v) is 9.04. The molecule has 1 aromatic carbocycles. The van der Waals surface area contributed by atoms with E-state index in [1.165, 1.54) is 6.07 Å². The van der Waals surface area contributed by atoms with E-state index in [1.54, 1.807) is 17.4 Å². The lowest BCUT2D eigenvalue weighted by Crippen LogP contribution is -2.35. The summed E-state index contributed by atoms with van der Waals surface area (Å²) in [5.41, 5.74) is 1.39. The smallest absolute Gasteiger partial charge is 0.159 e. The summed E-state index contributed by atoms with van der Waals surface area (Å²) in [6.07, 6.45) is 2.24. The van der Waals surface area contributed by atoms with Crippen LogP contribution >= 0.6 is 11.3 Å². The van der Waals surface area contributed by atoms with Gasteiger partial charge in [-0.05, 0) is 50.0 Å². The van der Waals surface area contributed by atoms with Crippen LogP contribution in [0.2, 0.25) is 0 Å². The molecule has 2 nitrogen and oxygen atoms in total. The highest BCUT2D eigenvalue weighted by atomic mass is 32.1. The van der Waals surface area contributed by atoms with Crippen LogP contribution in [0.5, 0.6) is 0 Å². The van der Waals surface area contributed by atoms with Gasteiger partial charge in [-0.25, -0.2) is 13.8 Å². The summed E-state index contributed by atoms with van der Waals surface area (Å²) in [7, 11) is 0. The number of hydrogen-bond acceptors (Lipinski definition) is 3. The average molecular weight is 336 g/mol. The number of thiazole rings is 1. The van der Waals surface area contributed by atoms with Gasteiger partial charge in [0.25, 0.3) is 0 Å². The van der Waals surface area contributed by atoms with Crippen molar-refractivity contribution in [3.8, 4) is 11.3 Å². The molecule has 2 aromatic rings. The fourth-order valence-corrected chi connectivity index (χ4v) is 4.14. The van der Waals surface area contributed by atoms with Crippen LogP contribution in [0.15, 0.2) is 23.6 Å². The molecule has 23 heavy (non-hydrogen) atoms. The number of benzene rings is 1. The van der Waals surface area contributed by atoms with Crippen molar-refractivity contribution in [2.75, 3.05) is 19.6 Å². The van der Waals surface area contributed by atoms with E-state index in [-0.39, 0.29) is 0 Å². The van der Waals surface area contributed by atoms with Crippen molar-refractivity contribution in [3.05, 3.63) is 40.2 Å². The van der Waals surface area contributed by atoms with Crippen LogP contribution < -0.4 is 0 Å². The molecule has 1 aromatic heterocycles. The third-order valence-corrected chi connectivity index (χ3v) is 5.30. The third-order valence-electron chi connectivity index (χ3n) is 4.30. The minimum absolute atomic E-state index is 0.488. The summed E-state index contributed by atoms with van der Waals surface area (Å²) in [5, 5.41) is 3.07. The Labute approximate surface area is 140 Å². The van der Waals surface area contributed by atoms with Crippen LogP contribution in [0.4, 0.5) is 8.78 Å². The molecule has 0 aliphatic carbocycles. The molecule has 1 aliphatic heterocycles. The van der Waals surface area contributed by atoms with Crippen molar-refractivity contribution in [2.24, 2.45) is 5.92 Å². The normalized spacial score (nSPS) is 17.1. The molecule has 5 heteroatoms. The maximum atomic E-state index is 13.4. The predicted octanol–water partition coefficient (Wildman–Crippen LogP) is 4.92. The van der Waals surface area contributed by atoms with Gasteiger partial charge in [0.15, 0.2) is 11.6 Å². The highest BCUT2D eigenvalue weighted by Crippen LogP contribution is 2.33. The molecule has 0 radical (unpaired) electrons. The second kappa shape index (κ2) is 7.05. The Balaban J connectivity index is 1.67. The van der Waals surface area contributed by atoms with E-state index in [1.807, 2.05) is 5.38 Å². The minimum atomic E-state index is -0.820. The van der Waals surface area contributed by atoms with E-state index in [0.29, 0.717) is 17.4 Å². The van der Waals surface area contributed by atoms with Gasteiger partial charge in [-0.3, -0.25) is 0 Å². The molecule has 3 rings (SSSR count). The predicted molar refractivity (Wildman–Crippen MR) is 90.7 cm³/mol. The van der Waals surface area contributed by atoms with Crippen LogP contribution in [-0.2, 0) is 0 Å². The molecule has 0 bridgehead atoms. The number of piperidine rings is 1. The first-order chi connectivity index (χ1) is 11.0. The molecular weight excluding hydrogens is 314 g/mol. The number of hydrogen-bond donors (Lipinski definition) is 0. The van der Waals surface area contributed by atoms with E-state index in [9.17, 15) is 8.78 Å². The Morgan fingerprint density at radius 3 is 2.61 bits per heavy atom. The summed E-state index contributed by atoms with van der Waals surface area (Å²) in [4.78, 5) is 7.19. The second-order valence-corrected chi connectivity index (χ2v) is 7.56. The lowest BCUT2D eigenvalue weighted by molar-refractivity contribution is 0.192. The monoisotopic (exact) mass is 336 g/mol. The van der Waals surface area contributed by atoms with Crippen LogP contribution in [0.1, 0.15) is 37.6 Å². The fraction of sp³-hybridized carbons (Fsp3) is 0.500. The van der Waals surface area contributed by atoms with Gasteiger partial charge in [0.05, 0.1) is 10.7 Å². The minimum Gasteiger partial charge on any atom is -0.303 e. The number of aromatic nitrogens is 1. The van der Waals surface area contributed by atoms with Crippen molar-refractivity contribution in [1.82, 2.24) is 9.88 Å². The summed E-state index contributed by atoms with van der Waals surface area (Å²) in [6.45, 7) is 7.89. The Bertz CT molecular complexity index is 661. The SMILES string of the molecule is CC(C)CN1CCC(c2nc(-c3ccc(F)c(F)c3)cs2)CC1. The summed E-state index contributed by atoms with van der Waals surface area (Å²) < 4.78 is 26.4. The van der Waals surface area contributed by atoms with Gasteiger partial charge >= 0.3 is 0 Å². The zero-order valence-electron chi connectivity index (χ0n) is 13.6. The first kappa shape index (κ1) is 16.5. The van der Waals surface area contributed by atoms with Crippen LogP contribution in [-0.4, -0.2) is 29.5 Å². The van der Waals surface area contributed by atoms with E-state index >= 15 is 0 Å². The van der Waals surface area contributed by atoms with Crippen molar-refractivity contribution >= 4 is 11.3 Å². The van der Waals surface area contributed by atoms with Crippen LogP contribution in [0.25, 0.3) is 11.3 Å². The summed E-state index contributed by atoms with van der Waals surface area (Å²) in [6, 6.07) is 3.97. The van der Waals surface area contributed by atoms with Gasteiger partial charge < -0.3 is 4.90 Å². The quantitative estimate of drug-likeness (QED) is 0.787. The lowest BCUT2D eigenvalue weighted by atomic mass is 9.97. The molecule has 0 unspecified atom stereocenters. The Kier molecular flexibility index (Phi) is 5.07. The zero-order chi connectivity index (χ0) is 16.4. The number of likely N-dealkylation sites (tertiary alicyclic amines) is 1. The van der Waals surface area contributed by atoms with Gasteiger partial charge in [0, 0.05) is 23.4 Å². The first-order valence-electron chi connectivity index (χ1n) is 8.16. The Morgan fingerprint density at radius 1 is 1.22 bits per heavy atom. The largest absolute Gasteiger partial charge is 0.303 e. The number of rotatable bonds is 4. The molecule has 1 saturated heterocycles. The number of nitrogens with zero attached hydrogens (tertiary/aromatic N) is 2. The van der Waals surface area contributed by atoms with E-state index in [2.05, 4.69) is 23.7 Å². The molecule has 0 N–H and O–H groups in total. The van der Waals surface area contributed by atoms with E-state index in [4.69, 9.17) is 0 Å². The van der Waals surface area contributed by atoms with Crippen LogP contribution in [0, 0.1) is 17.6 Å². The molecular formula is C18H22F2N2S. The average Bonchev–Trinajstić information content (AvgIpc) is 3.00. The Morgan fingerprint density at radius 2 is 1.96 bits per heavy atom. The topological polar surface area (TPSA) is 16.1 Å². The summed E-state index contributed by atoms with van der Waals surface area (Å²) in [5.74, 6) is -0.449. The van der Waals surface area contributed by atoms with Crippen molar-refractivity contribution < 1.29 is 8.78 Å². The third kappa shape index (κ3) is 3.96. The van der Waals surface area contributed by atoms with Gasteiger partial charge in [-0.2, -0.15) is 0 Å². The fourth-order valence-electron chi connectivity index (χ4n) is 3.14. The molecule has 1 aliphatic rings. The molecule has 0 spiro atoms. The second-order valence-electron chi connectivity index (χ2n) is 6.67. The van der Waals surface area contributed by atoms with Gasteiger partial charge in [0.1, 0.15) is 0 Å². The van der Waals surface area contributed by atoms with Crippen molar-refractivity contribution in [1.29, 1.82) is 0 Å². The molecule has 124 valence electrons. The molecule has 0 atom stereocenters. The van der Waals surface area contributed by atoms with Crippen molar-refractivity contribution in [2.45, 2.75) is 32.6 Å². The maximum absolute atomic E-state index is 13.4. The Hall–Kier alpha value is -1.33. The molecule has 0 amide bonds. The lowest BCUT2D eigenvalue weighted by Gasteiger charge is -2.32. The zero-order valence-corrected chi connectivity index (χ0v) is 14.4.